The summed E-state index contributed by atoms with van der Waals surface area (Å²) in [6.45, 7) is 1.85. The van der Waals surface area contributed by atoms with Gasteiger partial charge in [0.15, 0.2) is 0 Å². The van der Waals surface area contributed by atoms with E-state index in [1.54, 1.807) is 12.1 Å². The van der Waals surface area contributed by atoms with Crippen molar-refractivity contribution in [3.63, 3.8) is 0 Å². The Hall–Kier alpha value is -1.75. The molecule has 6 heteroatoms. The van der Waals surface area contributed by atoms with Crippen LogP contribution < -0.4 is 10.1 Å². The van der Waals surface area contributed by atoms with Crippen LogP contribution in [0.2, 0.25) is 5.02 Å². The molecule has 0 saturated carbocycles. The monoisotopic (exact) mass is 285 g/mol. The van der Waals surface area contributed by atoms with Crippen LogP contribution in [0.15, 0.2) is 18.2 Å². The van der Waals surface area contributed by atoms with Gasteiger partial charge in [-0.15, -0.1) is 0 Å². The number of amides is 1. The van der Waals surface area contributed by atoms with Crippen LogP contribution in [0.5, 0.6) is 5.75 Å². The van der Waals surface area contributed by atoms with Crippen LogP contribution >= 0.6 is 11.6 Å². The standard InChI is InChI=1S/C13H16ClNO4/c1-3-4-10(13(17)18)15-12(16)9-7-8(14)5-6-11(9)19-2/h5-7,10H,3-4H2,1-2H3,(H,15,16)(H,17,18)/t10-/m1/s1. The van der Waals surface area contributed by atoms with Gasteiger partial charge in [0.2, 0.25) is 0 Å². The first-order valence-corrected chi connectivity index (χ1v) is 6.24. The predicted octanol–water partition coefficient (Wildman–Crippen LogP) is 2.33. The van der Waals surface area contributed by atoms with Gasteiger partial charge in [-0.3, -0.25) is 4.79 Å². The maximum atomic E-state index is 12.1. The van der Waals surface area contributed by atoms with Gasteiger partial charge in [-0.05, 0) is 24.6 Å². The molecule has 1 atom stereocenters. The Morgan fingerprint density at radius 2 is 2.16 bits per heavy atom. The first-order valence-electron chi connectivity index (χ1n) is 5.86. The van der Waals surface area contributed by atoms with Crippen LogP contribution in [0, 0.1) is 0 Å². The molecule has 1 amide bonds. The molecule has 0 radical (unpaired) electrons. The fraction of sp³-hybridized carbons (Fsp3) is 0.385. The molecule has 0 unspecified atom stereocenters. The second-order valence-corrected chi connectivity index (χ2v) is 4.43. The van der Waals surface area contributed by atoms with Crippen molar-refractivity contribution in [2.75, 3.05) is 7.11 Å². The number of hydrogen-bond acceptors (Lipinski definition) is 3. The summed E-state index contributed by atoms with van der Waals surface area (Å²) in [5.41, 5.74) is 0.220. The van der Waals surface area contributed by atoms with E-state index in [4.69, 9.17) is 21.4 Å². The predicted molar refractivity (Wildman–Crippen MR) is 71.8 cm³/mol. The van der Waals surface area contributed by atoms with E-state index in [2.05, 4.69) is 5.32 Å². The number of carbonyl (C=O) groups excluding carboxylic acids is 1. The van der Waals surface area contributed by atoms with E-state index in [0.717, 1.165) is 0 Å². The molecule has 0 aromatic heterocycles. The Labute approximate surface area is 116 Å². The average Bonchev–Trinajstić information content (AvgIpc) is 2.37. The zero-order chi connectivity index (χ0) is 14.4. The van der Waals surface area contributed by atoms with E-state index >= 15 is 0 Å². The molecular formula is C13H16ClNO4. The van der Waals surface area contributed by atoms with E-state index in [1.165, 1.54) is 13.2 Å². The van der Waals surface area contributed by atoms with Crippen LogP contribution in [0.3, 0.4) is 0 Å². The molecule has 5 nitrogen and oxygen atoms in total. The van der Waals surface area contributed by atoms with Crippen molar-refractivity contribution in [3.8, 4) is 5.75 Å². The van der Waals surface area contributed by atoms with Crippen molar-refractivity contribution >= 4 is 23.5 Å². The molecule has 0 saturated heterocycles. The summed E-state index contributed by atoms with van der Waals surface area (Å²) in [7, 11) is 1.43. The molecular weight excluding hydrogens is 270 g/mol. The lowest BCUT2D eigenvalue weighted by atomic mass is 10.1. The van der Waals surface area contributed by atoms with E-state index in [9.17, 15) is 9.59 Å². The molecule has 2 N–H and O–H groups in total. The van der Waals surface area contributed by atoms with Gasteiger partial charge in [-0.1, -0.05) is 24.9 Å². The second-order valence-electron chi connectivity index (χ2n) is 4.00. The highest BCUT2D eigenvalue weighted by atomic mass is 35.5. The highest BCUT2D eigenvalue weighted by Gasteiger charge is 2.21. The third kappa shape index (κ3) is 4.13. The molecule has 1 rings (SSSR count). The number of rotatable bonds is 6. The molecule has 0 aliphatic carbocycles. The van der Waals surface area contributed by atoms with E-state index in [1.807, 2.05) is 6.92 Å². The van der Waals surface area contributed by atoms with Crippen LogP contribution in [-0.2, 0) is 4.79 Å². The molecule has 1 aromatic carbocycles. The fourth-order valence-corrected chi connectivity index (χ4v) is 1.81. The van der Waals surface area contributed by atoms with Crippen molar-refractivity contribution in [2.24, 2.45) is 0 Å². The van der Waals surface area contributed by atoms with Crippen LogP contribution in [0.4, 0.5) is 0 Å². The summed E-state index contributed by atoms with van der Waals surface area (Å²) < 4.78 is 5.06. The fourth-order valence-electron chi connectivity index (χ4n) is 1.64. The number of ether oxygens (including phenoxy) is 1. The maximum absolute atomic E-state index is 12.1. The van der Waals surface area contributed by atoms with Crippen LogP contribution in [-0.4, -0.2) is 30.1 Å². The van der Waals surface area contributed by atoms with Crippen molar-refractivity contribution in [2.45, 2.75) is 25.8 Å². The molecule has 104 valence electrons. The minimum Gasteiger partial charge on any atom is -0.496 e. The van der Waals surface area contributed by atoms with Gasteiger partial charge >= 0.3 is 5.97 Å². The number of carboxylic acids is 1. The minimum atomic E-state index is -1.06. The first-order chi connectivity index (χ1) is 8.99. The van der Waals surface area contributed by atoms with Gasteiger partial charge in [0.25, 0.3) is 5.91 Å². The van der Waals surface area contributed by atoms with E-state index in [-0.39, 0.29) is 5.56 Å². The number of hydrogen-bond donors (Lipinski definition) is 2. The molecule has 19 heavy (non-hydrogen) atoms. The summed E-state index contributed by atoms with van der Waals surface area (Å²) in [4.78, 5) is 23.1. The van der Waals surface area contributed by atoms with Crippen LogP contribution in [0.1, 0.15) is 30.1 Å². The van der Waals surface area contributed by atoms with Crippen molar-refractivity contribution in [1.29, 1.82) is 0 Å². The summed E-state index contributed by atoms with van der Waals surface area (Å²) in [6, 6.07) is 3.69. The molecule has 0 bridgehead atoms. The lowest BCUT2D eigenvalue weighted by Gasteiger charge is -2.15. The average molecular weight is 286 g/mol. The number of benzene rings is 1. The third-order valence-electron chi connectivity index (χ3n) is 2.59. The topological polar surface area (TPSA) is 75.6 Å². The largest absolute Gasteiger partial charge is 0.496 e. The van der Waals surface area contributed by atoms with Gasteiger partial charge in [0.05, 0.1) is 12.7 Å². The highest BCUT2D eigenvalue weighted by Crippen LogP contribution is 2.22. The summed E-state index contributed by atoms with van der Waals surface area (Å²) in [6.07, 6.45) is 1.02. The Morgan fingerprint density at radius 3 is 2.68 bits per heavy atom. The van der Waals surface area contributed by atoms with E-state index in [0.29, 0.717) is 23.6 Å². The molecule has 0 spiro atoms. The molecule has 0 aliphatic rings. The minimum absolute atomic E-state index is 0.220. The molecule has 0 heterocycles. The third-order valence-corrected chi connectivity index (χ3v) is 2.82. The van der Waals surface area contributed by atoms with Gasteiger partial charge in [0.1, 0.15) is 11.8 Å². The number of carbonyl (C=O) groups is 2. The number of halogens is 1. The summed E-state index contributed by atoms with van der Waals surface area (Å²) in [5.74, 6) is -1.22. The summed E-state index contributed by atoms with van der Waals surface area (Å²) in [5, 5.41) is 11.9. The van der Waals surface area contributed by atoms with Crippen LogP contribution in [0.25, 0.3) is 0 Å². The van der Waals surface area contributed by atoms with Gasteiger partial charge in [-0.25, -0.2) is 4.79 Å². The zero-order valence-corrected chi connectivity index (χ0v) is 11.5. The normalized spacial score (nSPS) is 11.7. The number of methoxy groups -OCH3 is 1. The van der Waals surface area contributed by atoms with Gasteiger partial charge in [0, 0.05) is 5.02 Å². The number of carboxylic acid groups (broad SMARTS) is 1. The first kappa shape index (κ1) is 15.3. The van der Waals surface area contributed by atoms with Crippen molar-refractivity contribution in [1.82, 2.24) is 5.32 Å². The molecule has 0 fully saturated rings. The SMILES string of the molecule is CCC[C@@H](NC(=O)c1cc(Cl)ccc1OC)C(=O)O. The lowest BCUT2D eigenvalue weighted by molar-refractivity contribution is -0.139. The number of aliphatic carboxylic acids is 1. The van der Waals surface area contributed by atoms with Gasteiger partial charge in [-0.2, -0.15) is 0 Å². The zero-order valence-electron chi connectivity index (χ0n) is 10.8. The molecule has 1 aromatic rings. The summed E-state index contributed by atoms with van der Waals surface area (Å²) >= 11 is 5.83. The molecule has 0 aliphatic heterocycles. The van der Waals surface area contributed by atoms with E-state index < -0.39 is 17.9 Å². The lowest BCUT2D eigenvalue weighted by Crippen LogP contribution is -2.40. The smallest absolute Gasteiger partial charge is 0.326 e. The van der Waals surface area contributed by atoms with Crippen molar-refractivity contribution < 1.29 is 19.4 Å². The van der Waals surface area contributed by atoms with Gasteiger partial charge < -0.3 is 15.2 Å². The Morgan fingerprint density at radius 1 is 1.47 bits per heavy atom. The quantitative estimate of drug-likeness (QED) is 0.841. The highest BCUT2D eigenvalue weighted by molar-refractivity contribution is 6.31. The van der Waals surface area contributed by atoms with Crippen molar-refractivity contribution in [3.05, 3.63) is 28.8 Å². The maximum Gasteiger partial charge on any atom is 0.326 e. The Balaban J connectivity index is 2.93. The Bertz CT molecular complexity index is 476. The number of nitrogens with one attached hydrogen (secondary N) is 1. The Kier molecular flexibility index (Phi) is 5.63. The second kappa shape index (κ2) is 6.99.